The molecule has 0 unspecified atom stereocenters. The summed E-state index contributed by atoms with van der Waals surface area (Å²) in [7, 11) is 0. The molecule has 3 aliphatic rings. The van der Waals surface area contributed by atoms with Gasteiger partial charge in [0.25, 0.3) is 0 Å². The first-order valence-electron chi connectivity index (χ1n) is 11.1. The number of carbonyl (C=O) groups is 1. The number of hydrogen-bond donors (Lipinski definition) is 0. The van der Waals surface area contributed by atoms with E-state index < -0.39 is 0 Å². The van der Waals surface area contributed by atoms with Crippen LogP contribution in [0.3, 0.4) is 0 Å². The number of nitrogens with zero attached hydrogens (tertiary/aromatic N) is 1. The normalized spacial score (nSPS) is 26.5. The maximum atomic E-state index is 14.0. The predicted octanol–water partition coefficient (Wildman–Crippen LogP) is 6.63. The second kappa shape index (κ2) is 6.62. The summed E-state index contributed by atoms with van der Waals surface area (Å²) >= 11 is 0. The zero-order chi connectivity index (χ0) is 21.1. The summed E-state index contributed by atoms with van der Waals surface area (Å²) in [5.74, 6) is 0.447. The summed E-state index contributed by atoms with van der Waals surface area (Å²) in [6, 6.07) is 29.4. The van der Waals surface area contributed by atoms with E-state index in [1.807, 2.05) is 36.5 Å². The Morgan fingerprint density at radius 1 is 0.871 bits per heavy atom. The van der Waals surface area contributed by atoms with E-state index in [1.54, 1.807) is 0 Å². The summed E-state index contributed by atoms with van der Waals surface area (Å²) in [6.45, 7) is 2.15. The Morgan fingerprint density at radius 2 is 1.68 bits per heavy atom. The van der Waals surface area contributed by atoms with Crippen LogP contribution < -0.4 is 0 Å². The molecule has 4 aromatic rings. The largest absolute Gasteiger partial charge is 0.294 e. The van der Waals surface area contributed by atoms with E-state index in [0.717, 1.165) is 35.9 Å². The third-order valence-electron chi connectivity index (χ3n) is 7.71. The zero-order valence-electron chi connectivity index (χ0n) is 17.7. The van der Waals surface area contributed by atoms with Crippen LogP contribution in [0.2, 0.25) is 0 Å². The topological polar surface area (TPSA) is 30.0 Å². The number of carbonyl (C=O) groups excluding carboxylic acids is 1. The summed E-state index contributed by atoms with van der Waals surface area (Å²) in [5, 5.41) is 2.30. The van der Waals surface area contributed by atoms with Gasteiger partial charge in [-0.2, -0.15) is 0 Å². The van der Waals surface area contributed by atoms with Gasteiger partial charge in [0, 0.05) is 28.8 Å². The average molecular weight is 404 g/mol. The molecule has 3 aliphatic carbocycles. The van der Waals surface area contributed by atoms with Crippen molar-refractivity contribution < 1.29 is 4.79 Å². The van der Waals surface area contributed by atoms with Crippen LogP contribution in [0.1, 0.15) is 52.4 Å². The number of aryl methyl sites for hydroxylation is 1. The Balaban J connectivity index is 1.44. The van der Waals surface area contributed by atoms with Crippen LogP contribution in [0.4, 0.5) is 0 Å². The molecule has 1 heterocycles. The quantitative estimate of drug-likeness (QED) is 0.358. The smallest absolute Gasteiger partial charge is 0.169 e. The van der Waals surface area contributed by atoms with Crippen molar-refractivity contribution in [3.8, 4) is 0 Å². The van der Waals surface area contributed by atoms with Crippen LogP contribution in [-0.4, -0.2) is 10.8 Å². The number of ketones is 1. The fourth-order valence-electron chi connectivity index (χ4n) is 6.34. The van der Waals surface area contributed by atoms with Crippen molar-refractivity contribution in [2.45, 2.75) is 37.5 Å². The van der Waals surface area contributed by atoms with E-state index in [9.17, 15) is 4.79 Å². The molecule has 3 fully saturated rings. The lowest BCUT2D eigenvalue weighted by Crippen LogP contribution is -2.47. The van der Waals surface area contributed by atoms with Crippen LogP contribution >= 0.6 is 0 Å². The maximum absolute atomic E-state index is 14.0. The number of Topliss-reactive ketones (excluding diaryl/α,β-unsaturated/α-hetero) is 1. The molecule has 0 aliphatic heterocycles. The van der Waals surface area contributed by atoms with Gasteiger partial charge in [0.05, 0.1) is 0 Å². The molecule has 3 aromatic carbocycles. The number of hydrogen-bond acceptors (Lipinski definition) is 2. The van der Waals surface area contributed by atoms with Crippen LogP contribution in [0.25, 0.3) is 10.8 Å². The second-order valence-corrected chi connectivity index (χ2v) is 9.56. The first-order chi connectivity index (χ1) is 15.1. The first kappa shape index (κ1) is 18.5. The van der Waals surface area contributed by atoms with Crippen molar-refractivity contribution in [1.82, 2.24) is 4.98 Å². The van der Waals surface area contributed by atoms with Gasteiger partial charge in [-0.1, -0.05) is 72.3 Å². The van der Waals surface area contributed by atoms with Gasteiger partial charge in [0.15, 0.2) is 5.78 Å². The molecule has 1 atom stereocenters. The number of fused-ring (bicyclic) bond motifs is 2. The Bertz CT molecular complexity index is 1300. The minimum atomic E-state index is -0.361. The van der Waals surface area contributed by atoms with E-state index in [0.29, 0.717) is 0 Å². The van der Waals surface area contributed by atoms with Crippen molar-refractivity contribution in [2.24, 2.45) is 5.41 Å². The molecule has 2 bridgehead atoms. The van der Waals surface area contributed by atoms with Crippen LogP contribution in [-0.2, 0) is 5.41 Å². The van der Waals surface area contributed by atoms with Gasteiger partial charge in [-0.05, 0) is 66.1 Å². The van der Waals surface area contributed by atoms with E-state index in [-0.39, 0.29) is 22.5 Å². The lowest BCUT2D eigenvalue weighted by atomic mass is 9.54. The third kappa shape index (κ3) is 2.71. The van der Waals surface area contributed by atoms with E-state index >= 15 is 0 Å². The highest BCUT2D eigenvalue weighted by Crippen LogP contribution is 2.73. The van der Waals surface area contributed by atoms with E-state index in [4.69, 9.17) is 4.98 Å². The number of rotatable bonds is 4. The molecule has 0 radical (unpaired) electrons. The molecule has 31 heavy (non-hydrogen) atoms. The van der Waals surface area contributed by atoms with Gasteiger partial charge in [-0.3, -0.25) is 9.78 Å². The molecular weight excluding hydrogens is 378 g/mol. The van der Waals surface area contributed by atoms with Crippen LogP contribution in [0.5, 0.6) is 0 Å². The van der Waals surface area contributed by atoms with Crippen molar-refractivity contribution in [3.63, 3.8) is 0 Å². The molecule has 0 saturated heterocycles. The number of aromatic nitrogens is 1. The monoisotopic (exact) mass is 403 g/mol. The second-order valence-electron chi connectivity index (χ2n) is 9.56. The lowest BCUT2D eigenvalue weighted by Gasteiger charge is -2.48. The summed E-state index contributed by atoms with van der Waals surface area (Å²) in [5.41, 5.74) is 4.28. The third-order valence-corrected chi connectivity index (χ3v) is 7.71. The summed E-state index contributed by atoms with van der Waals surface area (Å²) in [4.78, 5) is 18.7. The Kier molecular flexibility index (Phi) is 3.95. The zero-order valence-corrected chi connectivity index (χ0v) is 17.7. The number of benzene rings is 3. The van der Waals surface area contributed by atoms with E-state index in [2.05, 4.69) is 61.5 Å². The highest BCUT2D eigenvalue weighted by Gasteiger charge is 2.70. The van der Waals surface area contributed by atoms with Gasteiger partial charge < -0.3 is 0 Å². The molecule has 2 nitrogen and oxygen atoms in total. The predicted molar refractivity (Wildman–Crippen MR) is 124 cm³/mol. The van der Waals surface area contributed by atoms with Gasteiger partial charge in [-0.25, -0.2) is 0 Å². The molecule has 2 heteroatoms. The Labute approximate surface area is 183 Å². The molecule has 0 N–H and O–H groups in total. The molecular formula is C29H25NO. The molecule has 0 amide bonds. The van der Waals surface area contributed by atoms with Crippen molar-refractivity contribution >= 4 is 16.6 Å². The summed E-state index contributed by atoms with van der Waals surface area (Å²) < 4.78 is 0. The van der Waals surface area contributed by atoms with E-state index in [1.165, 1.54) is 16.5 Å². The SMILES string of the molecule is Cc1cccc(C23C[C@@H](c4ccccn4)C(C(=O)c4ccc5ccccc5c4)(C2)C3)c1. The van der Waals surface area contributed by atoms with Gasteiger partial charge in [0.2, 0.25) is 0 Å². The molecule has 3 saturated carbocycles. The minimum absolute atomic E-state index is 0.0840. The Hall–Kier alpha value is -3.26. The maximum Gasteiger partial charge on any atom is 0.169 e. The molecule has 1 aromatic heterocycles. The van der Waals surface area contributed by atoms with Crippen molar-refractivity contribution in [1.29, 1.82) is 0 Å². The van der Waals surface area contributed by atoms with Crippen LogP contribution in [0.15, 0.2) is 91.1 Å². The summed E-state index contributed by atoms with van der Waals surface area (Å²) in [6.07, 6.45) is 4.68. The van der Waals surface area contributed by atoms with Gasteiger partial charge in [-0.15, -0.1) is 0 Å². The van der Waals surface area contributed by atoms with Crippen LogP contribution in [0, 0.1) is 12.3 Å². The molecule has 152 valence electrons. The van der Waals surface area contributed by atoms with Crippen molar-refractivity contribution in [2.75, 3.05) is 0 Å². The van der Waals surface area contributed by atoms with Gasteiger partial charge in [0.1, 0.15) is 0 Å². The molecule has 0 spiro atoms. The Morgan fingerprint density at radius 3 is 2.45 bits per heavy atom. The van der Waals surface area contributed by atoms with Crippen molar-refractivity contribution in [3.05, 3.63) is 114 Å². The lowest BCUT2D eigenvalue weighted by molar-refractivity contribution is 0.0537. The highest BCUT2D eigenvalue weighted by molar-refractivity contribution is 6.05. The highest BCUT2D eigenvalue weighted by atomic mass is 16.1. The molecule has 7 rings (SSSR count). The first-order valence-corrected chi connectivity index (χ1v) is 11.1. The average Bonchev–Trinajstić information content (AvgIpc) is 3.32. The fourth-order valence-corrected chi connectivity index (χ4v) is 6.34. The number of pyridine rings is 1. The standard InChI is InChI=1S/C29H25NO/c1-20-7-6-10-24(15-20)28-17-25(26-11-4-5-14-30-26)29(18-28,19-28)27(31)23-13-12-21-8-2-3-9-22(21)16-23/h2-16,25H,17-19H2,1H3/t25-,28?,29?/m0/s1. The van der Waals surface area contributed by atoms with Gasteiger partial charge >= 0.3 is 0 Å². The fraction of sp³-hybridized carbons (Fsp3) is 0.241. The minimum Gasteiger partial charge on any atom is -0.294 e.